The fourth-order valence-corrected chi connectivity index (χ4v) is 2.47. The van der Waals surface area contributed by atoms with Gasteiger partial charge in [-0.1, -0.05) is 12.1 Å². The number of benzene rings is 1. The largest absolute Gasteiger partial charge is 0.380 e. The maximum atomic E-state index is 13.4. The lowest BCUT2D eigenvalue weighted by molar-refractivity contribution is 0.152. The second-order valence-electron chi connectivity index (χ2n) is 5.61. The zero-order chi connectivity index (χ0) is 15.8. The molecule has 0 unspecified atom stereocenters. The first-order chi connectivity index (χ1) is 10.7. The van der Waals surface area contributed by atoms with Crippen molar-refractivity contribution >= 4 is 5.96 Å². The van der Waals surface area contributed by atoms with Gasteiger partial charge in [-0.15, -0.1) is 0 Å². The molecule has 122 valence electrons. The van der Waals surface area contributed by atoms with Crippen LogP contribution in [0.5, 0.6) is 0 Å². The van der Waals surface area contributed by atoms with Crippen molar-refractivity contribution in [3.63, 3.8) is 0 Å². The highest BCUT2D eigenvalue weighted by Crippen LogP contribution is 2.48. The third-order valence-corrected chi connectivity index (χ3v) is 3.92. The summed E-state index contributed by atoms with van der Waals surface area (Å²) < 4.78 is 18.7. The lowest BCUT2D eigenvalue weighted by atomic mass is 9.96. The smallest absolute Gasteiger partial charge is 0.191 e. The van der Waals surface area contributed by atoms with Gasteiger partial charge in [-0.2, -0.15) is 0 Å². The Morgan fingerprint density at radius 2 is 2.14 bits per heavy atom. The molecule has 1 aliphatic rings. The molecule has 22 heavy (non-hydrogen) atoms. The highest BCUT2D eigenvalue weighted by molar-refractivity contribution is 5.79. The maximum absolute atomic E-state index is 13.4. The Morgan fingerprint density at radius 1 is 1.32 bits per heavy atom. The Kier molecular flexibility index (Phi) is 6.19. The number of ether oxygens (including phenoxy) is 1. The molecule has 0 bridgehead atoms. The Bertz CT molecular complexity index is 500. The van der Waals surface area contributed by atoms with Crippen molar-refractivity contribution in [3.05, 3.63) is 35.6 Å². The van der Waals surface area contributed by atoms with E-state index in [1.165, 1.54) is 6.07 Å². The van der Waals surface area contributed by atoms with Gasteiger partial charge in [0.2, 0.25) is 0 Å². The first-order valence-electron chi connectivity index (χ1n) is 8.06. The molecule has 1 aliphatic carbocycles. The van der Waals surface area contributed by atoms with Crippen LogP contribution >= 0.6 is 0 Å². The van der Waals surface area contributed by atoms with Gasteiger partial charge in [0.05, 0.1) is 13.2 Å². The lowest BCUT2D eigenvalue weighted by Crippen LogP contribution is -2.39. The monoisotopic (exact) mass is 307 g/mol. The maximum Gasteiger partial charge on any atom is 0.191 e. The Balaban J connectivity index is 1.94. The number of nitrogens with one attached hydrogen (secondary N) is 2. The number of halogens is 1. The van der Waals surface area contributed by atoms with Crippen molar-refractivity contribution in [2.24, 2.45) is 4.99 Å². The first-order valence-corrected chi connectivity index (χ1v) is 8.06. The molecule has 0 amide bonds. The summed E-state index contributed by atoms with van der Waals surface area (Å²) in [5.74, 6) is 0.624. The van der Waals surface area contributed by atoms with Gasteiger partial charge in [0.25, 0.3) is 0 Å². The van der Waals surface area contributed by atoms with Crippen LogP contribution in [0.3, 0.4) is 0 Å². The number of rotatable bonds is 8. The van der Waals surface area contributed by atoms with Gasteiger partial charge in [-0.25, -0.2) is 4.39 Å². The Labute approximate surface area is 132 Å². The van der Waals surface area contributed by atoms with E-state index in [1.54, 1.807) is 12.1 Å². The number of hydrogen-bond acceptors (Lipinski definition) is 2. The van der Waals surface area contributed by atoms with Gasteiger partial charge in [0, 0.05) is 25.1 Å². The van der Waals surface area contributed by atoms with Gasteiger partial charge in [0.1, 0.15) is 5.82 Å². The quantitative estimate of drug-likeness (QED) is 0.440. The van der Waals surface area contributed by atoms with Crippen LogP contribution in [-0.2, 0) is 10.2 Å². The summed E-state index contributed by atoms with van der Waals surface area (Å²) in [5.41, 5.74) is 1.08. The summed E-state index contributed by atoms with van der Waals surface area (Å²) in [5, 5.41) is 6.49. The third-order valence-electron chi connectivity index (χ3n) is 3.92. The molecule has 0 spiro atoms. The fourth-order valence-electron chi connectivity index (χ4n) is 2.47. The van der Waals surface area contributed by atoms with Crippen LogP contribution in [0.1, 0.15) is 32.3 Å². The fraction of sp³-hybridized carbons (Fsp3) is 0.588. The van der Waals surface area contributed by atoms with Gasteiger partial charge < -0.3 is 15.4 Å². The molecule has 0 aliphatic heterocycles. The summed E-state index contributed by atoms with van der Waals surface area (Å²) in [7, 11) is 0. The minimum Gasteiger partial charge on any atom is -0.380 e. The molecule has 4 nitrogen and oxygen atoms in total. The average Bonchev–Trinajstić information content (AvgIpc) is 3.30. The predicted molar refractivity (Wildman–Crippen MR) is 87.8 cm³/mol. The van der Waals surface area contributed by atoms with E-state index in [2.05, 4.69) is 15.6 Å². The van der Waals surface area contributed by atoms with Crippen molar-refractivity contribution < 1.29 is 9.13 Å². The van der Waals surface area contributed by atoms with E-state index in [0.717, 1.165) is 44.1 Å². The van der Waals surface area contributed by atoms with Crippen molar-refractivity contribution in [2.75, 3.05) is 32.8 Å². The third kappa shape index (κ3) is 4.70. The zero-order valence-electron chi connectivity index (χ0n) is 13.5. The minimum absolute atomic E-state index is 0.0182. The molecule has 5 heteroatoms. The van der Waals surface area contributed by atoms with E-state index in [9.17, 15) is 4.39 Å². The van der Waals surface area contributed by atoms with Crippen molar-refractivity contribution in [3.8, 4) is 0 Å². The van der Waals surface area contributed by atoms with E-state index >= 15 is 0 Å². The minimum atomic E-state index is -0.172. The van der Waals surface area contributed by atoms with E-state index in [0.29, 0.717) is 13.2 Å². The van der Waals surface area contributed by atoms with E-state index in [1.807, 2.05) is 19.9 Å². The van der Waals surface area contributed by atoms with Crippen LogP contribution in [-0.4, -0.2) is 38.8 Å². The summed E-state index contributed by atoms with van der Waals surface area (Å²) in [4.78, 5) is 4.67. The standard InChI is InChI=1S/C17H26FN3O/c1-3-19-16(20-10-11-22-4-2)21-13-17(8-9-17)14-6-5-7-15(18)12-14/h5-7,12H,3-4,8-11,13H2,1-2H3,(H2,19,20,21). The van der Waals surface area contributed by atoms with E-state index < -0.39 is 0 Å². The average molecular weight is 307 g/mol. The molecule has 1 aromatic rings. The lowest BCUT2D eigenvalue weighted by Gasteiger charge is -2.16. The number of hydrogen-bond donors (Lipinski definition) is 2. The van der Waals surface area contributed by atoms with E-state index in [4.69, 9.17) is 4.74 Å². The molecule has 0 atom stereocenters. The highest BCUT2D eigenvalue weighted by Gasteiger charge is 2.44. The van der Waals surface area contributed by atoms with Crippen LogP contribution in [0.2, 0.25) is 0 Å². The Hall–Kier alpha value is -1.62. The molecule has 2 rings (SSSR count). The van der Waals surface area contributed by atoms with Crippen LogP contribution in [0.25, 0.3) is 0 Å². The number of aliphatic imine (C=N–C) groups is 1. The molecule has 2 N–H and O–H groups in total. The van der Waals surface area contributed by atoms with Crippen LogP contribution < -0.4 is 10.6 Å². The molecular weight excluding hydrogens is 281 g/mol. The van der Waals surface area contributed by atoms with Gasteiger partial charge in [0.15, 0.2) is 5.96 Å². The molecule has 0 saturated heterocycles. The van der Waals surface area contributed by atoms with Gasteiger partial charge >= 0.3 is 0 Å². The second kappa shape index (κ2) is 8.13. The van der Waals surface area contributed by atoms with Crippen LogP contribution in [0.4, 0.5) is 4.39 Å². The zero-order valence-corrected chi connectivity index (χ0v) is 13.5. The second-order valence-corrected chi connectivity index (χ2v) is 5.61. The first kappa shape index (κ1) is 16.7. The summed E-state index contributed by atoms with van der Waals surface area (Å²) in [6, 6.07) is 6.90. The molecule has 0 radical (unpaired) electrons. The van der Waals surface area contributed by atoms with Gasteiger partial charge in [-0.3, -0.25) is 4.99 Å². The van der Waals surface area contributed by atoms with Crippen LogP contribution in [0, 0.1) is 5.82 Å². The van der Waals surface area contributed by atoms with Crippen molar-refractivity contribution in [2.45, 2.75) is 32.1 Å². The van der Waals surface area contributed by atoms with E-state index in [-0.39, 0.29) is 11.2 Å². The Morgan fingerprint density at radius 3 is 2.77 bits per heavy atom. The molecule has 0 aromatic heterocycles. The van der Waals surface area contributed by atoms with Crippen molar-refractivity contribution in [1.82, 2.24) is 10.6 Å². The normalized spacial score (nSPS) is 16.4. The summed E-state index contributed by atoms with van der Waals surface area (Å²) in [6.45, 7) is 7.63. The topological polar surface area (TPSA) is 45.7 Å². The highest BCUT2D eigenvalue weighted by atomic mass is 19.1. The number of nitrogens with zero attached hydrogens (tertiary/aromatic N) is 1. The molecule has 1 saturated carbocycles. The number of guanidine groups is 1. The molecule has 1 fully saturated rings. The van der Waals surface area contributed by atoms with Crippen LogP contribution in [0.15, 0.2) is 29.3 Å². The molecule has 1 aromatic carbocycles. The molecule has 0 heterocycles. The predicted octanol–water partition coefficient (Wildman–Crippen LogP) is 2.45. The molecular formula is C17H26FN3O. The van der Waals surface area contributed by atoms with Crippen molar-refractivity contribution in [1.29, 1.82) is 0 Å². The van der Waals surface area contributed by atoms with Gasteiger partial charge in [-0.05, 0) is 44.4 Å². The summed E-state index contributed by atoms with van der Waals surface area (Å²) in [6.07, 6.45) is 2.14. The SMILES string of the molecule is CCNC(=NCC1(c2cccc(F)c2)CC1)NCCOCC. The summed E-state index contributed by atoms with van der Waals surface area (Å²) >= 11 is 0.